The maximum Gasteiger partial charge on any atom is 0.123 e. The van der Waals surface area contributed by atoms with Crippen LogP contribution in [0.4, 0.5) is 4.39 Å². The zero-order chi connectivity index (χ0) is 9.84. The van der Waals surface area contributed by atoms with Crippen LogP contribution in [0.5, 0.6) is 0 Å². The summed E-state index contributed by atoms with van der Waals surface area (Å²) in [6.07, 6.45) is 5.28. The van der Waals surface area contributed by atoms with Gasteiger partial charge in [-0.1, -0.05) is 21.9 Å². The lowest BCUT2D eigenvalue weighted by Crippen LogP contribution is -2.14. The predicted octanol–water partition coefficient (Wildman–Crippen LogP) is 2.48. The summed E-state index contributed by atoms with van der Waals surface area (Å²) in [6, 6.07) is 4.19. The molecule has 0 fully saturated rings. The molecule has 1 aromatic carbocycles. The van der Waals surface area contributed by atoms with Crippen molar-refractivity contribution in [2.24, 2.45) is 0 Å². The molecule has 1 atom stereocenters. The standard InChI is InChI=1S/C10H9BrFN/c1-3-10(13-2)8-6-7(12)4-5-9(8)11/h1,4-6,10,13H,2H3. The molecule has 0 aliphatic carbocycles. The van der Waals surface area contributed by atoms with Crippen molar-refractivity contribution in [2.45, 2.75) is 6.04 Å². The fourth-order valence-electron chi connectivity index (χ4n) is 1.06. The van der Waals surface area contributed by atoms with Crippen molar-refractivity contribution in [3.8, 4) is 12.3 Å². The topological polar surface area (TPSA) is 12.0 Å². The lowest BCUT2D eigenvalue weighted by molar-refractivity contribution is 0.619. The Balaban J connectivity index is 3.13. The minimum atomic E-state index is -0.284. The number of hydrogen-bond acceptors (Lipinski definition) is 1. The summed E-state index contributed by atoms with van der Waals surface area (Å²) in [5.74, 6) is 2.24. The van der Waals surface area contributed by atoms with E-state index in [1.54, 1.807) is 13.1 Å². The Morgan fingerprint density at radius 1 is 1.62 bits per heavy atom. The van der Waals surface area contributed by atoms with E-state index in [1.807, 2.05) is 0 Å². The lowest BCUT2D eigenvalue weighted by atomic mass is 10.1. The van der Waals surface area contributed by atoms with Gasteiger partial charge in [0.15, 0.2) is 0 Å². The molecular formula is C10H9BrFN. The molecule has 0 spiro atoms. The van der Waals surface area contributed by atoms with Crippen LogP contribution in [0.15, 0.2) is 22.7 Å². The van der Waals surface area contributed by atoms with Gasteiger partial charge in [-0.05, 0) is 30.8 Å². The van der Waals surface area contributed by atoms with Crippen LogP contribution in [-0.4, -0.2) is 7.05 Å². The van der Waals surface area contributed by atoms with E-state index in [-0.39, 0.29) is 11.9 Å². The van der Waals surface area contributed by atoms with Crippen LogP contribution < -0.4 is 5.32 Å². The van der Waals surface area contributed by atoms with Crippen molar-refractivity contribution >= 4 is 15.9 Å². The Morgan fingerprint density at radius 3 is 2.85 bits per heavy atom. The Labute approximate surface area is 85.5 Å². The van der Waals surface area contributed by atoms with E-state index in [9.17, 15) is 4.39 Å². The van der Waals surface area contributed by atoms with Gasteiger partial charge < -0.3 is 5.32 Å². The monoisotopic (exact) mass is 241 g/mol. The molecule has 1 nitrogen and oxygen atoms in total. The average Bonchev–Trinajstić information content (AvgIpc) is 2.13. The molecule has 0 aliphatic heterocycles. The highest BCUT2D eigenvalue weighted by Crippen LogP contribution is 2.23. The molecule has 0 bridgehead atoms. The Morgan fingerprint density at radius 2 is 2.31 bits per heavy atom. The maximum absolute atomic E-state index is 12.9. The number of nitrogens with one attached hydrogen (secondary N) is 1. The van der Waals surface area contributed by atoms with E-state index in [4.69, 9.17) is 6.42 Å². The average molecular weight is 242 g/mol. The molecule has 0 saturated heterocycles. The number of hydrogen-bond donors (Lipinski definition) is 1. The van der Waals surface area contributed by atoms with E-state index in [0.717, 1.165) is 10.0 Å². The molecule has 68 valence electrons. The SMILES string of the molecule is C#CC(NC)c1cc(F)ccc1Br. The molecule has 0 aliphatic rings. The van der Waals surface area contributed by atoms with E-state index in [1.165, 1.54) is 12.1 Å². The summed E-state index contributed by atoms with van der Waals surface area (Å²) in [7, 11) is 1.74. The molecule has 0 radical (unpaired) electrons. The summed E-state index contributed by atoms with van der Waals surface area (Å²) >= 11 is 3.31. The van der Waals surface area contributed by atoms with Crippen molar-refractivity contribution in [1.29, 1.82) is 0 Å². The van der Waals surface area contributed by atoms with E-state index < -0.39 is 0 Å². The minimum Gasteiger partial charge on any atom is -0.303 e. The first kappa shape index (κ1) is 10.2. The van der Waals surface area contributed by atoms with Gasteiger partial charge in [-0.3, -0.25) is 0 Å². The molecule has 0 heterocycles. The van der Waals surface area contributed by atoms with Crippen molar-refractivity contribution in [3.05, 3.63) is 34.1 Å². The van der Waals surface area contributed by atoms with Crippen LogP contribution in [0.1, 0.15) is 11.6 Å². The third-order valence-electron chi connectivity index (χ3n) is 1.72. The smallest absolute Gasteiger partial charge is 0.123 e. The van der Waals surface area contributed by atoms with Crippen LogP contribution in [0.25, 0.3) is 0 Å². The zero-order valence-corrected chi connectivity index (χ0v) is 8.73. The molecule has 0 aromatic heterocycles. The second kappa shape index (κ2) is 4.40. The predicted molar refractivity (Wildman–Crippen MR) is 54.7 cm³/mol. The molecule has 13 heavy (non-hydrogen) atoms. The summed E-state index contributed by atoms with van der Waals surface area (Å²) in [5, 5.41) is 2.90. The second-order valence-corrected chi connectivity index (χ2v) is 3.41. The highest BCUT2D eigenvalue weighted by molar-refractivity contribution is 9.10. The van der Waals surface area contributed by atoms with Gasteiger partial charge in [-0.15, -0.1) is 6.42 Å². The third-order valence-corrected chi connectivity index (χ3v) is 2.45. The van der Waals surface area contributed by atoms with Crippen molar-refractivity contribution in [3.63, 3.8) is 0 Å². The number of benzene rings is 1. The van der Waals surface area contributed by atoms with Gasteiger partial charge >= 0.3 is 0 Å². The largest absolute Gasteiger partial charge is 0.303 e. The molecule has 0 amide bonds. The molecule has 1 aromatic rings. The van der Waals surface area contributed by atoms with Crippen molar-refractivity contribution in [2.75, 3.05) is 7.05 Å². The first-order valence-electron chi connectivity index (χ1n) is 3.77. The van der Waals surface area contributed by atoms with Gasteiger partial charge in [0.1, 0.15) is 5.82 Å². The van der Waals surface area contributed by atoms with Crippen LogP contribution >= 0.6 is 15.9 Å². The summed E-state index contributed by atoms with van der Waals surface area (Å²) in [4.78, 5) is 0. The Hall–Kier alpha value is -0.850. The number of halogens is 2. The third kappa shape index (κ3) is 2.30. The van der Waals surface area contributed by atoms with Gasteiger partial charge in [-0.2, -0.15) is 0 Å². The van der Waals surface area contributed by atoms with Crippen molar-refractivity contribution < 1.29 is 4.39 Å². The summed E-state index contributed by atoms with van der Waals surface area (Å²) in [6.45, 7) is 0. The highest BCUT2D eigenvalue weighted by Gasteiger charge is 2.09. The summed E-state index contributed by atoms with van der Waals surface area (Å²) < 4.78 is 13.7. The van der Waals surface area contributed by atoms with Crippen molar-refractivity contribution in [1.82, 2.24) is 5.32 Å². The minimum absolute atomic E-state index is 0.259. The molecule has 3 heteroatoms. The first-order chi connectivity index (χ1) is 6.19. The Bertz CT molecular complexity index is 343. The Kier molecular flexibility index (Phi) is 3.47. The summed E-state index contributed by atoms with van der Waals surface area (Å²) in [5.41, 5.74) is 0.741. The lowest BCUT2D eigenvalue weighted by Gasteiger charge is -2.11. The van der Waals surface area contributed by atoms with E-state index in [0.29, 0.717) is 0 Å². The molecule has 0 saturated carbocycles. The quantitative estimate of drug-likeness (QED) is 0.785. The molecule has 1 rings (SSSR count). The molecule has 1 N–H and O–H groups in total. The van der Waals surface area contributed by atoms with Gasteiger partial charge in [0.05, 0.1) is 6.04 Å². The van der Waals surface area contributed by atoms with Crippen LogP contribution in [-0.2, 0) is 0 Å². The first-order valence-corrected chi connectivity index (χ1v) is 4.56. The normalized spacial score (nSPS) is 12.2. The van der Waals surface area contributed by atoms with Gasteiger partial charge in [0, 0.05) is 4.47 Å². The van der Waals surface area contributed by atoms with Crippen LogP contribution in [0.2, 0.25) is 0 Å². The van der Waals surface area contributed by atoms with E-state index >= 15 is 0 Å². The maximum atomic E-state index is 12.9. The fourth-order valence-corrected chi connectivity index (χ4v) is 1.54. The van der Waals surface area contributed by atoms with Crippen LogP contribution in [0, 0.1) is 18.2 Å². The van der Waals surface area contributed by atoms with Crippen LogP contribution in [0.3, 0.4) is 0 Å². The number of rotatable bonds is 2. The number of terminal acetylenes is 1. The molecular weight excluding hydrogens is 233 g/mol. The van der Waals surface area contributed by atoms with Gasteiger partial charge in [-0.25, -0.2) is 4.39 Å². The van der Waals surface area contributed by atoms with Gasteiger partial charge in [0.25, 0.3) is 0 Å². The molecule has 1 unspecified atom stereocenters. The van der Waals surface area contributed by atoms with E-state index in [2.05, 4.69) is 27.2 Å². The van der Waals surface area contributed by atoms with Gasteiger partial charge in [0.2, 0.25) is 0 Å². The highest BCUT2D eigenvalue weighted by atomic mass is 79.9. The fraction of sp³-hybridized carbons (Fsp3) is 0.200. The second-order valence-electron chi connectivity index (χ2n) is 2.55. The zero-order valence-electron chi connectivity index (χ0n) is 7.14.